The number of hydrogen-bond donors (Lipinski definition) is 0. The maximum absolute atomic E-state index is 14.1. The molecule has 1 saturated heterocycles. The number of aromatic nitrogens is 3. The van der Waals surface area contributed by atoms with E-state index in [0.29, 0.717) is 17.1 Å². The van der Waals surface area contributed by atoms with Crippen LogP contribution in [0.5, 0.6) is 0 Å². The molecule has 1 unspecified atom stereocenters. The first-order chi connectivity index (χ1) is 12.0. The van der Waals surface area contributed by atoms with Gasteiger partial charge in [0.2, 0.25) is 5.89 Å². The number of pyridine rings is 1. The fourth-order valence-electron chi connectivity index (χ4n) is 3.36. The first-order valence-corrected chi connectivity index (χ1v) is 8.38. The number of fused-ring (bicyclic) bond motifs is 1. The third-order valence-corrected chi connectivity index (χ3v) is 4.55. The van der Waals surface area contributed by atoms with Crippen molar-refractivity contribution in [2.24, 2.45) is 0 Å². The van der Waals surface area contributed by atoms with Crippen molar-refractivity contribution in [2.45, 2.75) is 38.6 Å². The normalized spacial score (nSPS) is 17.8. The summed E-state index contributed by atoms with van der Waals surface area (Å²) < 4.78 is 33.1. The van der Waals surface area contributed by atoms with Gasteiger partial charge in [0, 0.05) is 35.8 Å². The van der Waals surface area contributed by atoms with E-state index in [0.717, 1.165) is 31.1 Å². The van der Waals surface area contributed by atoms with Gasteiger partial charge < -0.3 is 9.42 Å². The molecule has 0 aliphatic carbocycles. The molecule has 0 spiro atoms. The molecule has 1 fully saturated rings. The molecule has 0 amide bonds. The summed E-state index contributed by atoms with van der Waals surface area (Å²) in [7, 11) is 0. The Morgan fingerprint density at radius 2 is 2.12 bits per heavy atom. The van der Waals surface area contributed by atoms with E-state index in [1.807, 2.05) is 13.8 Å². The summed E-state index contributed by atoms with van der Waals surface area (Å²) in [6.07, 6.45) is 3.35. The van der Waals surface area contributed by atoms with Crippen LogP contribution in [0.15, 0.2) is 28.9 Å². The smallest absolute Gasteiger partial charge is 0.229 e. The summed E-state index contributed by atoms with van der Waals surface area (Å²) in [5.41, 5.74) is 0.905. The summed E-state index contributed by atoms with van der Waals surface area (Å²) >= 11 is 0. The van der Waals surface area contributed by atoms with Crippen molar-refractivity contribution in [3.05, 3.63) is 47.7 Å². The van der Waals surface area contributed by atoms with Gasteiger partial charge in [-0.05, 0) is 25.0 Å². The van der Waals surface area contributed by atoms with E-state index < -0.39 is 11.6 Å². The van der Waals surface area contributed by atoms with E-state index in [9.17, 15) is 8.78 Å². The summed E-state index contributed by atoms with van der Waals surface area (Å²) in [5, 5.41) is 4.58. The molecule has 1 aliphatic heterocycles. The van der Waals surface area contributed by atoms with Crippen LogP contribution in [-0.4, -0.2) is 21.7 Å². The number of hydrogen-bond acceptors (Lipinski definition) is 5. The van der Waals surface area contributed by atoms with Crippen LogP contribution in [0.2, 0.25) is 0 Å². The van der Waals surface area contributed by atoms with Gasteiger partial charge in [0.05, 0.1) is 6.04 Å². The predicted octanol–water partition coefficient (Wildman–Crippen LogP) is 4.36. The second-order valence-corrected chi connectivity index (χ2v) is 6.61. The zero-order chi connectivity index (χ0) is 17.6. The standard InChI is InChI=1S/C18H18F2N4O/c1-10(2)18-22-17(23-25-18)15-4-3-7-24(15)14-5-6-21-16-12(14)8-11(19)9-13(16)20/h5-6,8-10,15H,3-4,7H2,1-2H3. The SMILES string of the molecule is CC(C)c1nc(C2CCCN2c2ccnc3c(F)cc(F)cc23)no1. The minimum Gasteiger partial charge on any atom is -0.361 e. The Bertz CT molecular complexity index is 925. The molecule has 1 atom stereocenters. The molecule has 5 nitrogen and oxygen atoms in total. The van der Waals surface area contributed by atoms with Crippen molar-refractivity contribution in [3.63, 3.8) is 0 Å². The zero-order valence-corrected chi connectivity index (χ0v) is 14.0. The number of halogens is 2. The monoisotopic (exact) mass is 344 g/mol. The van der Waals surface area contributed by atoms with Gasteiger partial charge in [-0.15, -0.1) is 0 Å². The second kappa shape index (κ2) is 6.06. The third-order valence-electron chi connectivity index (χ3n) is 4.55. The maximum atomic E-state index is 14.1. The molecule has 3 aromatic rings. The minimum absolute atomic E-state index is 0.0758. The van der Waals surface area contributed by atoms with Crippen molar-refractivity contribution in [3.8, 4) is 0 Å². The highest BCUT2D eigenvalue weighted by Gasteiger charge is 2.31. The minimum atomic E-state index is -0.658. The quantitative estimate of drug-likeness (QED) is 0.706. The largest absolute Gasteiger partial charge is 0.361 e. The lowest BCUT2D eigenvalue weighted by atomic mass is 10.1. The molecule has 0 bridgehead atoms. The highest BCUT2D eigenvalue weighted by Crippen LogP contribution is 2.38. The van der Waals surface area contributed by atoms with Crippen molar-refractivity contribution < 1.29 is 13.3 Å². The Balaban J connectivity index is 1.79. The maximum Gasteiger partial charge on any atom is 0.229 e. The van der Waals surface area contributed by atoms with Crippen LogP contribution in [0.1, 0.15) is 50.4 Å². The van der Waals surface area contributed by atoms with Gasteiger partial charge in [0.15, 0.2) is 11.6 Å². The summed E-state index contributed by atoms with van der Waals surface area (Å²) in [6, 6.07) is 3.89. The number of rotatable bonds is 3. The molecule has 1 aliphatic rings. The Labute approximate surface area is 143 Å². The number of nitrogens with zero attached hydrogens (tertiary/aromatic N) is 4. The second-order valence-electron chi connectivity index (χ2n) is 6.61. The van der Waals surface area contributed by atoms with E-state index in [1.54, 1.807) is 12.3 Å². The van der Waals surface area contributed by atoms with Gasteiger partial charge in [-0.1, -0.05) is 19.0 Å². The molecule has 2 aromatic heterocycles. The van der Waals surface area contributed by atoms with Crippen molar-refractivity contribution in [1.29, 1.82) is 0 Å². The van der Waals surface area contributed by atoms with Crippen LogP contribution >= 0.6 is 0 Å². The van der Waals surface area contributed by atoms with Gasteiger partial charge in [-0.3, -0.25) is 4.98 Å². The summed E-state index contributed by atoms with van der Waals surface area (Å²) in [6.45, 7) is 4.74. The molecule has 25 heavy (non-hydrogen) atoms. The fraction of sp³-hybridized carbons (Fsp3) is 0.389. The molecule has 0 saturated carbocycles. The first-order valence-electron chi connectivity index (χ1n) is 8.38. The molecule has 7 heteroatoms. The molecule has 130 valence electrons. The van der Waals surface area contributed by atoms with Crippen LogP contribution in [-0.2, 0) is 0 Å². The van der Waals surface area contributed by atoms with Gasteiger partial charge >= 0.3 is 0 Å². The van der Waals surface area contributed by atoms with Crippen LogP contribution in [0.25, 0.3) is 10.9 Å². The van der Waals surface area contributed by atoms with E-state index in [1.165, 1.54) is 6.07 Å². The first kappa shape index (κ1) is 15.9. The van der Waals surface area contributed by atoms with Gasteiger partial charge in [0.25, 0.3) is 0 Å². The molecule has 3 heterocycles. The predicted molar refractivity (Wildman–Crippen MR) is 89.4 cm³/mol. The van der Waals surface area contributed by atoms with Crippen LogP contribution in [0.3, 0.4) is 0 Å². The average Bonchev–Trinajstić information content (AvgIpc) is 3.23. The molecule has 0 N–H and O–H groups in total. The van der Waals surface area contributed by atoms with E-state index in [2.05, 4.69) is 20.0 Å². The van der Waals surface area contributed by atoms with E-state index in [-0.39, 0.29) is 17.5 Å². The topological polar surface area (TPSA) is 55.1 Å². The number of benzene rings is 1. The number of anilines is 1. The summed E-state index contributed by atoms with van der Waals surface area (Å²) in [4.78, 5) is 10.6. The Hall–Kier alpha value is -2.57. The molecule has 4 rings (SSSR count). The lowest BCUT2D eigenvalue weighted by Crippen LogP contribution is -2.24. The Kier molecular flexibility index (Phi) is 3.86. The van der Waals surface area contributed by atoms with Gasteiger partial charge in [0.1, 0.15) is 11.3 Å². The lowest BCUT2D eigenvalue weighted by molar-refractivity contribution is 0.358. The highest BCUT2D eigenvalue weighted by atomic mass is 19.1. The fourth-order valence-corrected chi connectivity index (χ4v) is 3.36. The van der Waals surface area contributed by atoms with E-state index in [4.69, 9.17) is 4.52 Å². The van der Waals surface area contributed by atoms with Crippen LogP contribution in [0.4, 0.5) is 14.5 Å². The molecule has 0 radical (unpaired) electrons. The van der Waals surface area contributed by atoms with Crippen molar-refractivity contribution >= 4 is 16.6 Å². The molecule has 1 aromatic carbocycles. The highest BCUT2D eigenvalue weighted by molar-refractivity contribution is 5.92. The van der Waals surface area contributed by atoms with Crippen molar-refractivity contribution in [1.82, 2.24) is 15.1 Å². The lowest BCUT2D eigenvalue weighted by Gasteiger charge is -2.25. The van der Waals surface area contributed by atoms with Gasteiger partial charge in [-0.25, -0.2) is 8.78 Å². The zero-order valence-electron chi connectivity index (χ0n) is 14.0. The Morgan fingerprint density at radius 1 is 1.28 bits per heavy atom. The average molecular weight is 344 g/mol. The van der Waals surface area contributed by atoms with Crippen molar-refractivity contribution in [2.75, 3.05) is 11.4 Å². The van der Waals surface area contributed by atoms with Crippen LogP contribution < -0.4 is 4.90 Å². The third kappa shape index (κ3) is 2.73. The molecular weight excluding hydrogens is 326 g/mol. The Morgan fingerprint density at radius 3 is 2.88 bits per heavy atom. The van der Waals surface area contributed by atoms with E-state index >= 15 is 0 Å². The van der Waals surface area contributed by atoms with Crippen LogP contribution in [0, 0.1) is 11.6 Å². The summed E-state index contributed by atoms with van der Waals surface area (Å²) in [5.74, 6) is 0.0912. The van der Waals surface area contributed by atoms with Gasteiger partial charge in [-0.2, -0.15) is 4.98 Å². The molecular formula is C18H18F2N4O.